The predicted molar refractivity (Wildman–Crippen MR) is 93.8 cm³/mol. The van der Waals surface area contributed by atoms with Gasteiger partial charge in [0.15, 0.2) is 5.13 Å². The summed E-state index contributed by atoms with van der Waals surface area (Å²) in [5, 5.41) is 14.9. The van der Waals surface area contributed by atoms with E-state index in [4.69, 9.17) is 9.81 Å². The van der Waals surface area contributed by atoms with Crippen LogP contribution in [0.4, 0.5) is 10.8 Å². The number of carbonyl (C=O) groups excluding carboxylic acids is 1. The maximum absolute atomic E-state index is 12.1. The van der Waals surface area contributed by atoms with Crippen molar-refractivity contribution in [2.45, 2.75) is 18.7 Å². The molecule has 3 N–H and O–H groups in total. The lowest BCUT2D eigenvalue weighted by Gasteiger charge is -2.05. The van der Waals surface area contributed by atoms with E-state index in [1.54, 1.807) is 6.07 Å². The molecule has 1 aromatic carbocycles. The average molecular weight is 378 g/mol. The first-order valence-electron chi connectivity index (χ1n) is 6.90. The molecule has 0 saturated carbocycles. The molecule has 0 radical (unpaired) electrons. The molecule has 1 heterocycles. The van der Waals surface area contributed by atoms with E-state index in [2.05, 4.69) is 15.6 Å². The number of amides is 1. The van der Waals surface area contributed by atoms with Gasteiger partial charge in [0.25, 0.3) is 16.0 Å². The lowest BCUT2D eigenvalue weighted by molar-refractivity contribution is -0.112. The summed E-state index contributed by atoms with van der Waals surface area (Å²) >= 11 is 1.38. The van der Waals surface area contributed by atoms with Crippen molar-refractivity contribution in [3.05, 3.63) is 46.6 Å². The first-order chi connectivity index (χ1) is 11.7. The average Bonchev–Trinajstić information content (AvgIpc) is 2.85. The fourth-order valence-electron chi connectivity index (χ4n) is 1.75. The summed E-state index contributed by atoms with van der Waals surface area (Å²) in [7, 11) is -4.39. The van der Waals surface area contributed by atoms with E-state index in [0.717, 1.165) is 16.6 Å². The van der Waals surface area contributed by atoms with Crippen LogP contribution in [0.5, 0.6) is 0 Å². The van der Waals surface area contributed by atoms with Crippen LogP contribution >= 0.6 is 11.3 Å². The van der Waals surface area contributed by atoms with Crippen LogP contribution in [0.15, 0.2) is 40.9 Å². The molecule has 0 unspecified atom stereocenters. The van der Waals surface area contributed by atoms with Crippen LogP contribution in [-0.2, 0) is 14.9 Å². The molecule has 1 amide bonds. The molecule has 0 fully saturated rings. The van der Waals surface area contributed by atoms with Gasteiger partial charge in [0.05, 0.1) is 10.6 Å². The Bertz CT molecular complexity index is 968. The minimum Gasteiger partial charge on any atom is -0.337 e. The number of nitriles is 1. The molecular weight excluding hydrogens is 364 g/mol. The van der Waals surface area contributed by atoms with Crippen LogP contribution < -0.4 is 10.6 Å². The van der Waals surface area contributed by atoms with Crippen LogP contribution in [-0.4, -0.2) is 23.9 Å². The van der Waals surface area contributed by atoms with E-state index >= 15 is 0 Å². The second-order valence-electron chi connectivity index (χ2n) is 4.93. The normalized spacial score (nSPS) is 11.7. The summed E-state index contributed by atoms with van der Waals surface area (Å²) in [6.45, 7) is 3.75. The molecule has 0 atom stereocenters. The standard InChI is InChI=1S/C15H14N4O4S2/c1-9-10(2)24-15(18-9)17-8-11(7-16)14(20)19-12-4-3-5-13(6-12)25(21,22)23/h3-6,8H,1-2H3,(H,17,18)(H,19,20)(H,21,22,23)/b11-8-. The van der Waals surface area contributed by atoms with E-state index in [1.165, 1.54) is 35.7 Å². The number of benzene rings is 1. The Balaban J connectivity index is 2.15. The Kier molecular flexibility index (Phi) is 5.53. The van der Waals surface area contributed by atoms with Crippen molar-refractivity contribution in [1.29, 1.82) is 5.26 Å². The maximum Gasteiger partial charge on any atom is 0.294 e. The Morgan fingerprint density at radius 2 is 2.12 bits per heavy atom. The van der Waals surface area contributed by atoms with Crippen molar-refractivity contribution in [3.63, 3.8) is 0 Å². The van der Waals surface area contributed by atoms with Crippen LogP contribution in [0, 0.1) is 25.2 Å². The zero-order valence-electron chi connectivity index (χ0n) is 13.3. The minimum atomic E-state index is -4.39. The van der Waals surface area contributed by atoms with Gasteiger partial charge in [0.1, 0.15) is 11.6 Å². The van der Waals surface area contributed by atoms with Gasteiger partial charge in [-0.05, 0) is 32.0 Å². The fraction of sp³-hybridized carbons (Fsp3) is 0.133. The van der Waals surface area contributed by atoms with Crippen molar-refractivity contribution >= 4 is 38.2 Å². The number of aromatic nitrogens is 1. The summed E-state index contributed by atoms with van der Waals surface area (Å²) in [5.41, 5.74) is 0.760. The molecular formula is C15H14N4O4S2. The molecule has 8 nitrogen and oxygen atoms in total. The topological polar surface area (TPSA) is 132 Å². The highest BCUT2D eigenvalue weighted by atomic mass is 32.2. The van der Waals surface area contributed by atoms with Gasteiger partial charge in [-0.2, -0.15) is 13.7 Å². The Labute approximate surface area is 148 Å². The van der Waals surface area contributed by atoms with Gasteiger partial charge in [0.2, 0.25) is 0 Å². The van der Waals surface area contributed by atoms with Gasteiger partial charge in [-0.15, -0.1) is 11.3 Å². The van der Waals surface area contributed by atoms with Crippen molar-refractivity contribution in [2.24, 2.45) is 0 Å². The summed E-state index contributed by atoms with van der Waals surface area (Å²) < 4.78 is 31.2. The molecule has 1 aromatic heterocycles. The number of nitrogens with one attached hydrogen (secondary N) is 2. The maximum atomic E-state index is 12.1. The van der Waals surface area contributed by atoms with E-state index in [1.807, 2.05) is 13.8 Å². The second-order valence-corrected chi connectivity index (χ2v) is 7.56. The molecule has 10 heteroatoms. The summed E-state index contributed by atoms with van der Waals surface area (Å²) in [4.78, 5) is 17.0. The smallest absolute Gasteiger partial charge is 0.294 e. The van der Waals surface area contributed by atoms with E-state index in [9.17, 15) is 13.2 Å². The molecule has 0 spiro atoms. The number of aryl methyl sites for hydroxylation is 2. The summed E-state index contributed by atoms with van der Waals surface area (Å²) in [6, 6.07) is 6.81. The molecule has 2 rings (SSSR count). The second kappa shape index (κ2) is 7.43. The van der Waals surface area contributed by atoms with E-state index in [-0.39, 0.29) is 16.2 Å². The highest BCUT2D eigenvalue weighted by molar-refractivity contribution is 7.85. The zero-order chi connectivity index (χ0) is 18.6. The SMILES string of the molecule is Cc1nc(N/C=C(/C#N)C(=O)Nc2cccc(S(=O)(=O)O)c2)sc1C. The van der Waals surface area contributed by atoms with E-state index in [0.29, 0.717) is 5.13 Å². The highest BCUT2D eigenvalue weighted by Gasteiger charge is 2.13. The number of hydrogen-bond donors (Lipinski definition) is 3. The third-order valence-electron chi connectivity index (χ3n) is 3.12. The molecule has 0 bridgehead atoms. The van der Waals surface area contributed by atoms with Crippen LogP contribution in [0.25, 0.3) is 0 Å². The van der Waals surface area contributed by atoms with Gasteiger partial charge in [0, 0.05) is 16.8 Å². The van der Waals surface area contributed by atoms with Crippen molar-refractivity contribution < 1.29 is 17.8 Å². The number of anilines is 2. The molecule has 2 aromatic rings. The third-order valence-corrected chi connectivity index (χ3v) is 4.98. The first kappa shape index (κ1) is 18.6. The Morgan fingerprint density at radius 1 is 1.40 bits per heavy atom. The Hall–Kier alpha value is -2.74. The van der Waals surface area contributed by atoms with Crippen molar-refractivity contribution in [1.82, 2.24) is 4.98 Å². The minimum absolute atomic E-state index is 0.127. The highest BCUT2D eigenvalue weighted by Crippen LogP contribution is 2.21. The number of carbonyl (C=O) groups is 1. The monoisotopic (exact) mass is 378 g/mol. The van der Waals surface area contributed by atoms with E-state index < -0.39 is 16.0 Å². The number of rotatable bonds is 5. The van der Waals surface area contributed by atoms with Gasteiger partial charge < -0.3 is 10.6 Å². The first-order valence-corrected chi connectivity index (χ1v) is 9.16. The van der Waals surface area contributed by atoms with Gasteiger partial charge in [-0.3, -0.25) is 9.35 Å². The zero-order valence-corrected chi connectivity index (χ0v) is 14.9. The fourth-order valence-corrected chi connectivity index (χ4v) is 3.06. The quantitative estimate of drug-likeness (QED) is 0.413. The molecule has 0 aliphatic carbocycles. The molecule has 130 valence electrons. The molecule has 25 heavy (non-hydrogen) atoms. The van der Waals surface area contributed by atoms with Gasteiger partial charge in [-0.1, -0.05) is 6.07 Å². The van der Waals surface area contributed by atoms with Crippen LogP contribution in [0.3, 0.4) is 0 Å². The predicted octanol–water partition coefficient (Wildman–Crippen LogP) is 2.46. The molecule has 0 aliphatic heterocycles. The number of nitrogens with zero attached hydrogens (tertiary/aromatic N) is 2. The summed E-state index contributed by atoms with van der Waals surface area (Å²) in [6.07, 6.45) is 1.22. The summed E-state index contributed by atoms with van der Waals surface area (Å²) in [5.74, 6) is -0.729. The third kappa shape index (κ3) is 4.87. The van der Waals surface area contributed by atoms with Gasteiger partial charge in [-0.25, -0.2) is 4.98 Å². The molecule has 0 saturated heterocycles. The van der Waals surface area contributed by atoms with Crippen LogP contribution in [0.1, 0.15) is 10.6 Å². The lowest BCUT2D eigenvalue weighted by atomic mass is 10.2. The van der Waals surface area contributed by atoms with Crippen molar-refractivity contribution in [2.75, 3.05) is 10.6 Å². The number of hydrogen-bond acceptors (Lipinski definition) is 7. The van der Waals surface area contributed by atoms with Crippen LogP contribution in [0.2, 0.25) is 0 Å². The lowest BCUT2D eigenvalue weighted by Crippen LogP contribution is -2.15. The largest absolute Gasteiger partial charge is 0.337 e. The van der Waals surface area contributed by atoms with Crippen molar-refractivity contribution in [3.8, 4) is 6.07 Å². The number of thiazole rings is 1. The Morgan fingerprint density at radius 3 is 2.68 bits per heavy atom. The van der Waals surface area contributed by atoms with Gasteiger partial charge >= 0.3 is 0 Å². The molecule has 0 aliphatic rings.